The molecule has 2 heterocycles. The van der Waals surface area contributed by atoms with E-state index in [1.54, 1.807) is 24.1 Å². The Morgan fingerprint density at radius 1 is 1.30 bits per heavy atom. The Balaban J connectivity index is 1.73. The molecule has 3 rings (SSSR count). The van der Waals surface area contributed by atoms with Gasteiger partial charge in [0.15, 0.2) is 9.84 Å². The molecule has 0 radical (unpaired) electrons. The van der Waals surface area contributed by atoms with Gasteiger partial charge >= 0.3 is 0 Å². The van der Waals surface area contributed by atoms with Crippen LogP contribution in [0.1, 0.15) is 23.7 Å². The van der Waals surface area contributed by atoms with E-state index in [1.807, 2.05) is 31.2 Å². The summed E-state index contributed by atoms with van der Waals surface area (Å²) < 4.78 is 28.7. The van der Waals surface area contributed by atoms with Crippen LogP contribution in [-0.2, 0) is 9.84 Å². The fourth-order valence-electron chi connectivity index (χ4n) is 3.23. The van der Waals surface area contributed by atoms with Gasteiger partial charge in [-0.05, 0) is 37.6 Å². The maximum Gasteiger partial charge on any atom is 0.255 e. The van der Waals surface area contributed by atoms with Crippen molar-refractivity contribution in [3.8, 4) is 5.75 Å². The number of sulfone groups is 1. The zero-order valence-corrected chi connectivity index (χ0v) is 16.2. The van der Waals surface area contributed by atoms with Gasteiger partial charge < -0.3 is 15.0 Å². The summed E-state index contributed by atoms with van der Waals surface area (Å²) in [6, 6.07) is 10.6. The van der Waals surface area contributed by atoms with E-state index >= 15 is 0 Å². The number of aromatic nitrogens is 1. The minimum Gasteiger partial charge on any atom is -0.495 e. The molecule has 0 aliphatic carbocycles. The minimum atomic E-state index is -3.05. The van der Waals surface area contributed by atoms with Crippen molar-refractivity contribution in [3.63, 3.8) is 0 Å². The Labute approximate surface area is 159 Å². The predicted octanol–water partition coefficient (Wildman–Crippen LogP) is 2.48. The number of hydrogen-bond acceptors (Lipinski definition) is 6. The van der Waals surface area contributed by atoms with Crippen LogP contribution in [0.4, 0.5) is 11.5 Å². The van der Waals surface area contributed by atoms with E-state index in [1.165, 1.54) is 6.20 Å². The second-order valence-electron chi connectivity index (χ2n) is 6.41. The Bertz CT molecular complexity index is 913. The van der Waals surface area contributed by atoms with Gasteiger partial charge in [-0.3, -0.25) is 4.79 Å². The van der Waals surface area contributed by atoms with Crippen molar-refractivity contribution in [3.05, 3.63) is 48.2 Å². The number of nitrogens with zero attached hydrogens (tertiary/aromatic N) is 2. The molecule has 1 atom stereocenters. The van der Waals surface area contributed by atoms with Gasteiger partial charge in [0, 0.05) is 18.8 Å². The number of benzene rings is 1. The van der Waals surface area contributed by atoms with Gasteiger partial charge in [-0.15, -0.1) is 0 Å². The first-order chi connectivity index (χ1) is 12.9. The van der Waals surface area contributed by atoms with Crippen molar-refractivity contribution in [2.75, 3.05) is 30.5 Å². The average Bonchev–Trinajstić information content (AvgIpc) is 3.03. The molecule has 1 aliphatic heterocycles. The summed E-state index contributed by atoms with van der Waals surface area (Å²) in [6.07, 6.45) is 2.00. The highest BCUT2D eigenvalue weighted by atomic mass is 32.2. The fraction of sp³-hybridized carbons (Fsp3) is 0.368. The van der Waals surface area contributed by atoms with E-state index in [9.17, 15) is 13.2 Å². The number of rotatable bonds is 6. The molecule has 1 aromatic carbocycles. The third-order valence-corrected chi connectivity index (χ3v) is 6.38. The molecule has 1 saturated heterocycles. The number of carbonyl (C=O) groups is 1. The molecule has 0 saturated carbocycles. The van der Waals surface area contributed by atoms with Crippen LogP contribution in [0, 0.1) is 0 Å². The highest BCUT2D eigenvalue weighted by Gasteiger charge is 2.34. The molecular weight excluding hydrogens is 366 g/mol. The first-order valence-electron chi connectivity index (χ1n) is 8.81. The summed E-state index contributed by atoms with van der Waals surface area (Å²) in [5, 5.41) is 3.16. The summed E-state index contributed by atoms with van der Waals surface area (Å²) >= 11 is 0. The van der Waals surface area contributed by atoms with Gasteiger partial charge in [-0.25, -0.2) is 13.4 Å². The van der Waals surface area contributed by atoms with Crippen molar-refractivity contribution in [1.29, 1.82) is 0 Å². The van der Waals surface area contributed by atoms with E-state index in [4.69, 9.17) is 4.74 Å². The van der Waals surface area contributed by atoms with Crippen LogP contribution in [0.2, 0.25) is 0 Å². The van der Waals surface area contributed by atoms with Crippen molar-refractivity contribution < 1.29 is 17.9 Å². The lowest BCUT2D eigenvalue weighted by Gasteiger charge is -2.26. The summed E-state index contributed by atoms with van der Waals surface area (Å²) in [7, 11) is -1.45. The third-order valence-electron chi connectivity index (χ3n) is 4.63. The smallest absolute Gasteiger partial charge is 0.255 e. The quantitative estimate of drug-likeness (QED) is 0.817. The summed E-state index contributed by atoms with van der Waals surface area (Å²) in [5.74, 6) is 1.26. The molecule has 0 bridgehead atoms. The first kappa shape index (κ1) is 19.2. The van der Waals surface area contributed by atoms with E-state index in [0.717, 1.165) is 5.69 Å². The van der Waals surface area contributed by atoms with Gasteiger partial charge in [0.25, 0.3) is 5.91 Å². The largest absolute Gasteiger partial charge is 0.495 e. The number of carbonyl (C=O) groups excluding carboxylic acids is 1. The second kappa shape index (κ2) is 7.96. The number of ether oxygens (including phenoxy) is 1. The van der Waals surface area contributed by atoms with E-state index in [0.29, 0.717) is 30.1 Å². The molecule has 1 N–H and O–H groups in total. The average molecular weight is 389 g/mol. The van der Waals surface area contributed by atoms with Gasteiger partial charge in [0.05, 0.1) is 29.9 Å². The Kier molecular flexibility index (Phi) is 5.65. The summed E-state index contributed by atoms with van der Waals surface area (Å²) in [5.41, 5.74) is 1.21. The highest BCUT2D eigenvalue weighted by Crippen LogP contribution is 2.26. The molecule has 1 aromatic heterocycles. The highest BCUT2D eigenvalue weighted by molar-refractivity contribution is 7.91. The molecule has 1 aliphatic rings. The zero-order chi connectivity index (χ0) is 19.4. The molecule has 8 heteroatoms. The molecule has 144 valence electrons. The molecule has 1 unspecified atom stereocenters. The number of nitrogens with one attached hydrogen (secondary N) is 1. The molecule has 7 nitrogen and oxygen atoms in total. The molecule has 0 spiro atoms. The van der Waals surface area contributed by atoms with Crippen LogP contribution < -0.4 is 10.1 Å². The molecule has 1 fully saturated rings. The van der Waals surface area contributed by atoms with Crippen LogP contribution >= 0.6 is 0 Å². The van der Waals surface area contributed by atoms with Crippen LogP contribution in [0.3, 0.4) is 0 Å². The van der Waals surface area contributed by atoms with E-state index in [2.05, 4.69) is 10.3 Å². The Hall–Kier alpha value is -2.61. The molecular formula is C19H23N3O4S. The Morgan fingerprint density at radius 2 is 2.07 bits per heavy atom. The number of methoxy groups -OCH3 is 1. The summed E-state index contributed by atoms with van der Waals surface area (Å²) in [6.45, 7) is 2.31. The lowest BCUT2D eigenvalue weighted by Crippen LogP contribution is -2.41. The maximum absolute atomic E-state index is 12.8. The monoisotopic (exact) mass is 389 g/mol. The predicted molar refractivity (Wildman–Crippen MR) is 104 cm³/mol. The topological polar surface area (TPSA) is 88.6 Å². The van der Waals surface area contributed by atoms with Crippen LogP contribution in [0.5, 0.6) is 5.75 Å². The van der Waals surface area contributed by atoms with E-state index in [-0.39, 0.29) is 23.5 Å². The van der Waals surface area contributed by atoms with Crippen LogP contribution in [0.25, 0.3) is 0 Å². The van der Waals surface area contributed by atoms with Gasteiger partial charge in [-0.1, -0.05) is 12.1 Å². The maximum atomic E-state index is 12.8. The first-order valence-corrected chi connectivity index (χ1v) is 10.6. The third kappa shape index (κ3) is 4.39. The van der Waals surface area contributed by atoms with Crippen molar-refractivity contribution in [2.24, 2.45) is 0 Å². The van der Waals surface area contributed by atoms with Crippen molar-refractivity contribution in [1.82, 2.24) is 9.88 Å². The SMILES string of the molecule is CCN(C(=O)c1ccc(Nc2ccccc2OC)nc1)C1CCS(=O)(=O)C1. The number of hydrogen-bond donors (Lipinski definition) is 1. The zero-order valence-electron chi connectivity index (χ0n) is 15.4. The van der Waals surface area contributed by atoms with Gasteiger partial charge in [-0.2, -0.15) is 0 Å². The molecule has 2 aromatic rings. The van der Waals surface area contributed by atoms with Crippen LogP contribution in [-0.4, -0.2) is 55.4 Å². The standard InChI is InChI=1S/C19H23N3O4S/c1-3-22(15-10-11-27(24,25)13-15)19(23)14-8-9-18(20-12-14)21-16-6-4-5-7-17(16)26-2/h4-9,12,15H,3,10-11,13H2,1-2H3,(H,20,21). The number of amides is 1. The minimum absolute atomic E-state index is 0.0352. The second-order valence-corrected chi connectivity index (χ2v) is 8.63. The number of para-hydroxylation sites is 2. The molecule has 27 heavy (non-hydrogen) atoms. The molecule has 1 amide bonds. The Morgan fingerprint density at radius 3 is 2.67 bits per heavy atom. The lowest BCUT2D eigenvalue weighted by molar-refractivity contribution is 0.0708. The van der Waals surface area contributed by atoms with Gasteiger partial charge in [0.1, 0.15) is 11.6 Å². The summed E-state index contributed by atoms with van der Waals surface area (Å²) in [4.78, 5) is 18.7. The van der Waals surface area contributed by atoms with Crippen molar-refractivity contribution in [2.45, 2.75) is 19.4 Å². The lowest BCUT2D eigenvalue weighted by atomic mass is 10.1. The number of pyridine rings is 1. The van der Waals surface area contributed by atoms with E-state index < -0.39 is 9.84 Å². The normalized spacial score (nSPS) is 18.1. The fourth-order valence-corrected chi connectivity index (χ4v) is 4.97. The van der Waals surface area contributed by atoms with Crippen LogP contribution in [0.15, 0.2) is 42.6 Å². The number of anilines is 2. The van der Waals surface area contributed by atoms with Crippen molar-refractivity contribution >= 4 is 27.2 Å². The van der Waals surface area contributed by atoms with Gasteiger partial charge in [0.2, 0.25) is 0 Å².